The van der Waals surface area contributed by atoms with E-state index in [1.54, 1.807) is 0 Å². The molecule has 0 aromatic rings. The van der Waals surface area contributed by atoms with Crippen molar-refractivity contribution in [2.75, 3.05) is 19.8 Å². The minimum absolute atomic E-state index is 0.440. The quantitative estimate of drug-likeness (QED) is 0.271. The van der Waals surface area contributed by atoms with E-state index < -0.39 is 37.3 Å². The maximum absolute atomic E-state index is 9.85. The number of aliphatic hydroxyl groups excluding tert-OH is 4. The van der Waals surface area contributed by atoms with Gasteiger partial charge >= 0.3 is 0 Å². The summed E-state index contributed by atoms with van der Waals surface area (Å²) in [5, 5.41) is 38.1. The van der Waals surface area contributed by atoms with E-state index in [1.807, 2.05) is 0 Å². The maximum Gasteiger partial charge on any atom is 0.186 e. The van der Waals surface area contributed by atoms with Gasteiger partial charge in [-0.3, -0.25) is 0 Å². The molecular formula is C18H37NO6. The van der Waals surface area contributed by atoms with E-state index in [0.717, 1.165) is 32.2 Å². The number of ether oxygens (including phenoxy) is 2. The summed E-state index contributed by atoms with van der Waals surface area (Å²) in [6.45, 7) is 0.705. The highest BCUT2D eigenvalue weighted by atomic mass is 16.7. The molecule has 7 nitrogen and oxygen atoms in total. The Balaban J connectivity index is 1.96. The smallest absolute Gasteiger partial charge is 0.186 e. The van der Waals surface area contributed by atoms with Gasteiger partial charge in [0.1, 0.15) is 24.4 Å². The summed E-state index contributed by atoms with van der Waals surface area (Å²) >= 11 is 0. The van der Waals surface area contributed by atoms with Crippen LogP contribution in [0.25, 0.3) is 0 Å². The van der Waals surface area contributed by atoms with Gasteiger partial charge in [-0.15, -0.1) is 0 Å². The van der Waals surface area contributed by atoms with E-state index in [2.05, 4.69) is 0 Å². The SMILES string of the molecule is NCCCCCCCCCCCCO[C@@H]1O[C@@H]([C@H](O)CO)[C@H](O)[C@H]1O. The molecule has 1 fully saturated rings. The normalized spacial score (nSPS) is 27.7. The van der Waals surface area contributed by atoms with Gasteiger partial charge in [-0.25, -0.2) is 0 Å². The van der Waals surface area contributed by atoms with Crippen LogP contribution in [0.1, 0.15) is 64.2 Å². The van der Waals surface area contributed by atoms with Gasteiger partial charge in [0, 0.05) is 6.61 Å². The Morgan fingerprint density at radius 1 is 0.840 bits per heavy atom. The number of hydrogen-bond donors (Lipinski definition) is 5. The minimum Gasteiger partial charge on any atom is -0.394 e. The van der Waals surface area contributed by atoms with Crippen molar-refractivity contribution in [3.05, 3.63) is 0 Å². The number of nitrogens with two attached hydrogens (primary N) is 1. The average molecular weight is 363 g/mol. The van der Waals surface area contributed by atoms with Gasteiger partial charge in [-0.2, -0.15) is 0 Å². The van der Waals surface area contributed by atoms with Crippen molar-refractivity contribution in [2.24, 2.45) is 5.73 Å². The fraction of sp³-hybridized carbons (Fsp3) is 1.00. The lowest BCUT2D eigenvalue weighted by atomic mass is 10.1. The lowest BCUT2D eigenvalue weighted by molar-refractivity contribution is -0.181. The Labute approximate surface area is 151 Å². The van der Waals surface area contributed by atoms with Crippen LogP contribution in [0.4, 0.5) is 0 Å². The summed E-state index contributed by atoms with van der Waals surface area (Å²) in [6, 6.07) is 0. The van der Waals surface area contributed by atoms with Crippen LogP contribution in [0.2, 0.25) is 0 Å². The molecule has 1 aliphatic rings. The first-order valence-electron chi connectivity index (χ1n) is 9.74. The molecule has 1 rings (SSSR count). The van der Waals surface area contributed by atoms with Crippen LogP contribution in [-0.4, -0.2) is 70.9 Å². The number of hydrogen-bond acceptors (Lipinski definition) is 7. The van der Waals surface area contributed by atoms with Gasteiger partial charge in [-0.1, -0.05) is 51.4 Å². The van der Waals surface area contributed by atoms with E-state index in [-0.39, 0.29) is 0 Å². The third-order valence-electron chi connectivity index (χ3n) is 4.70. The predicted octanol–water partition coefficient (Wildman–Crippen LogP) is 0.663. The minimum atomic E-state index is -1.25. The molecule has 0 saturated carbocycles. The molecule has 6 N–H and O–H groups in total. The first kappa shape index (κ1) is 22.8. The zero-order valence-corrected chi connectivity index (χ0v) is 15.3. The lowest BCUT2D eigenvalue weighted by Gasteiger charge is -2.18. The second-order valence-electron chi connectivity index (χ2n) is 6.90. The maximum atomic E-state index is 9.85. The Hall–Kier alpha value is -0.280. The van der Waals surface area contributed by atoms with Gasteiger partial charge in [-0.05, 0) is 19.4 Å². The molecule has 0 unspecified atom stereocenters. The molecule has 25 heavy (non-hydrogen) atoms. The Morgan fingerprint density at radius 3 is 1.88 bits per heavy atom. The van der Waals surface area contributed by atoms with Crippen LogP contribution < -0.4 is 5.73 Å². The van der Waals surface area contributed by atoms with Crippen LogP contribution in [0.3, 0.4) is 0 Å². The zero-order valence-electron chi connectivity index (χ0n) is 15.3. The molecule has 0 bridgehead atoms. The predicted molar refractivity (Wildman–Crippen MR) is 94.9 cm³/mol. The Kier molecular flexibility index (Phi) is 12.6. The van der Waals surface area contributed by atoms with Gasteiger partial charge in [0.05, 0.1) is 6.61 Å². The van der Waals surface area contributed by atoms with Crippen molar-refractivity contribution in [3.63, 3.8) is 0 Å². The largest absolute Gasteiger partial charge is 0.394 e. The topological polar surface area (TPSA) is 125 Å². The highest BCUT2D eigenvalue weighted by Crippen LogP contribution is 2.24. The zero-order chi connectivity index (χ0) is 18.5. The van der Waals surface area contributed by atoms with Gasteiger partial charge in [0.25, 0.3) is 0 Å². The molecule has 0 aromatic heterocycles. The monoisotopic (exact) mass is 363 g/mol. The molecule has 1 heterocycles. The molecule has 0 aromatic carbocycles. The number of unbranched alkanes of at least 4 members (excludes halogenated alkanes) is 9. The van der Waals surface area contributed by atoms with Crippen molar-refractivity contribution < 1.29 is 29.9 Å². The van der Waals surface area contributed by atoms with Crippen molar-refractivity contribution in [1.29, 1.82) is 0 Å². The first-order valence-corrected chi connectivity index (χ1v) is 9.74. The third kappa shape index (κ3) is 8.77. The van der Waals surface area contributed by atoms with E-state index >= 15 is 0 Å². The second kappa shape index (κ2) is 13.9. The van der Waals surface area contributed by atoms with E-state index in [4.69, 9.17) is 20.3 Å². The molecule has 0 amide bonds. The van der Waals surface area contributed by atoms with Crippen LogP contribution in [0, 0.1) is 0 Å². The lowest BCUT2D eigenvalue weighted by Crippen LogP contribution is -2.40. The number of aliphatic hydroxyl groups is 4. The van der Waals surface area contributed by atoms with E-state index in [9.17, 15) is 15.3 Å². The molecule has 0 radical (unpaired) electrons. The molecule has 0 aliphatic carbocycles. The van der Waals surface area contributed by atoms with Gasteiger partial charge in [0.2, 0.25) is 0 Å². The fourth-order valence-corrected chi connectivity index (χ4v) is 3.09. The fourth-order valence-electron chi connectivity index (χ4n) is 3.09. The van der Waals surface area contributed by atoms with Crippen molar-refractivity contribution in [1.82, 2.24) is 0 Å². The van der Waals surface area contributed by atoms with Crippen LogP contribution in [0.5, 0.6) is 0 Å². The number of rotatable bonds is 15. The molecule has 5 atom stereocenters. The highest BCUT2D eigenvalue weighted by molar-refractivity contribution is 4.90. The summed E-state index contributed by atoms with van der Waals surface area (Å²) in [5.74, 6) is 0. The summed E-state index contributed by atoms with van der Waals surface area (Å²) in [5.41, 5.74) is 5.46. The van der Waals surface area contributed by atoms with Crippen LogP contribution >= 0.6 is 0 Å². The summed E-state index contributed by atoms with van der Waals surface area (Å²) in [4.78, 5) is 0. The van der Waals surface area contributed by atoms with Gasteiger partial charge in [0.15, 0.2) is 6.29 Å². The van der Waals surface area contributed by atoms with Crippen molar-refractivity contribution >= 4 is 0 Å². The first-order chi connectivity index (χ1) is 12.1. The Morgan fingerprint density at radius 2 is 1.36 bits per heavy atom. The van der Waals surface area contributed by atoms with Crippen molar-refractivity contribution in [2.45, 2.75) is 94.9 Å². The second-order valence-corrected chi connectivity index (χ2v) is 6.90. The van der Waals surface area contributed by atoms with Crippen LogP contribution in [-0.2, 0) is 9.47 Å². The van der Waals surface area contributed by atoms with E-state index in [1.165, 1.54) is 38.5 Å². The third-order valence-corrected chi connectivity index (χ3v) is 4.70. The molecular weight excluding hydrogens is 326 g/mol. The summed E-state index contributed by atoms with van der Waals surface area (Å²) in [6.07, 6.45) is 6.17. The highest BCUT2D eigenvalue weighted by Gasteiger charge is 2.46. The van der Waals surface area contributed by atoms with Crippen molar-refractivity contribution in [3.8, 4) is 0 Å². The van der Waals surface area contributed by atoms with Crippen LogP contribution in [0.15, 0.2) is 0 Å². The Bertz CT molecular complexity index is 320. The van der Waals surface area contributed by atoms with Gasteiger partial charge < -0.3 is 35.6 Å². The average Bonchev–Trinajstić information content (AvgIpc) is 2.90. The molecule has 0 spiro atoms. The summed E-state index contributed by atoms with van der Waals surface area (Å²) in [7, 11) is 0. The molecule has 7 heteroatoms. The summed E-state index contributed by atoms with van der Waals surface area (Å²) < 4.78 is 10.8. The molecule has 1 saturated heterocycles. The molecule has 1 aliphatic heterocycles. The molecule has 150 valence electrons. The van der Waals surface area contributed by atoms with E-state index in [0.29, 0.717) is 6.61 Å². The standard InChI is InChI=1S/C18H37NO6/c19-11-9-7-5-3-1-2-4-6-8-10-12-24-18-16(23)15(22)17(25-18)14(21)13-20/h14-18,20-23H,1-13,19H2/t14-,15-,16-,17+,18-/m1/s1.